The summed E-state index contributed by atoms with van der Waals surface area (Å²) in [6, 6.07) is 1.65. The highest BCUT2D eigenvalue weighted by Crippen LogP contribution is 2.14. The second-order valence-electron chi connectivity index (χ2n) is 1.50. The Morgan fingerprint density at radius 1 is 1.67 bits per heavy atom. The summed E-state index contributed by atoms with van der Waals surface area (Å²) in [7, 11) is 0. The lowest BCUT2D eigenvalue weighted by Gasteiger charge is -1.94. The number of hydrogen-bond donors (Lipinski definition) is 1. The van der Waals surface area contributed by atoms with E-state index in [1.807, 2.05) is 22.6 Å². The molecule has 9 heavy (non-hydrogen) atoms. The number of hydrogen-bond acceptors (Lipinski definition) is 2. The zero-order valence-electron chi connectivity index (χ0n) is 4.44. The quantitative estimate of drug-likeness (QED) is 0.548. The summed E-state index contributed by atoms with van der Waals surface area (Å²) < 4.78 is 13.0. The van der Waals surface area contributed by atoms with Crippen molar-refractivity contribution in [1.82, 2.24) is 4.98 Å². The van der Waals surface area contributed by atoms with E-state index in [1.165, 1.54) is 6.20 Å². The molecule has 1 aromatic rings. The number of rotatable bonds is 0. The van der Waals surface area contributed by atoms with Crippen LogP contribution in [0.2, 0.25) is 0 Å². The van der Waals surface area contributed by atoms with Gasteiger partial charge in [0, 0.05) is 9.77 Å². The number of aromatic nitrogens is 1. The molecule has 2 N–H and O–H groups in total. The van der Waals surface area contributed by atoms with Gasteiger partial charge in [0.1, 0.15) is 5.69 Å². The number of nitrogens with zero attached hydrogens (tertiary/aromatic N) is 1. The highest BCUT2D eigenvalue weighted by Gasteiger charge is 2.00. The summed E-state index contributed by atoms with van der Waals surface area (Å²) in [6.07, 6.45) is 1.38. The van der Waals surface area contributed by atoms with E-state index in [4.69, 9.17) is 5.73 Å². The highest BCUT2D eigenvalue weighted by molar-refractivity contribution is 14.1. The average molecular weight is 238 g/mol. The number of pyridine rings is 1. The van der Waals surface area contributed by atoms with Crippen molar-refractivity contribution in [2.24, 2.45) is 0 Å². The number of halogens is 2. The Morgan fingerprint density at radius 2 is 2.33 bits per heavy atom. The Hall–Kier alpha value is -0.390. The Kier molecular flexibility index (Phi) is 1.84. The molecule has 0 fully saturated rings. The highest BCUT2D eigenvalue weighted by atomic mass is 127. The molecule has 1 heterocycles. The third kappa shape index (κ3) is 1.29. The Bertz CT molecular complexity index is 206. The van der Waals surface area contributed by atoms with Crippen LogP contribution in [0.5, 0.6) is 0 Å². The van der Waals surface area contributed by atoms with Crippen LogP contribution < -0.4 is 5.73 Å². The number of nitrogens with two attached hydrogens (primary N) is 1. The van der Waals surface area contributed by atoms with Crippen molar-refractivity contribution < 1.29 is 4.39 Å². The van der Waals surface area contributed by atoms with Gasteiger partial charge in [0.2, 0.25) is 5.95 Å². The fourth-order valence-corrected chi connectivity index (χ4v) is 0.809. The minimum atomic E-state index is -0.595. The van der Waals surface area contributed by atoms with Crippen molar-refractivity contribution in [3.05, 3.63) is 21.8 Å². The van der Waals surface area contributed by atoms with Crippen molar-refractivity contribution in [3.63, 3.8) is 0 Å². The van der Waals surface area contributed by atoms with Crippen LogP contribution in [0.3, 0.4) is 0 Å². The zero-order chi connectivity index (χ0) is 6.85. The first-order valence-electron chi connectivity index (χ1n) is 2.27. The summed E-state index contributed by atoms with van der Waals surface area (Å²) in [5.74, 6) is -0.595. The SMILES string of the molecule is Nc1c(I)ccnc1F. The molecule has 0 radical (unpaired) electrons. The fraction of sp³-hybridized carbons (Fsp3) is 0. The van der Waals surface area contributed by atoms with E-state index in [-0.39, 0.29) is 5.69 Å². The Morgan fingerprint density at radius 3 is 2.78 bits per heavy atom. The zero-order valence-corrected chi connectivity index (χ0v) is 6.59. The fourth-order valence-electron chi connectivity index (χ4n) is 0.426. The molecule has 2 nitrogen and oxygen atoms in total. The lowest BCUT2D eigenvalue weighted by atomic mass is 10.4. The molecule has 0 aromatic carbocycles. The van der Waals surface area contributed by atoms with Crippen LogP contribution in [0.4, 0.5) is 10.1 Å². The molecular weight excluding hydrogens is 234 g/mol. The largest absolute Gasteiger partial charge is 0.394 e. The molecule has 0 aliphatic carbocycles. The van der Waals surface area contributed by atoms with Crippen LogP contribution in [0, 0.1) is 9.52 Å². The number of anilines is 1. The molecule has 0 bridgehead atoms. The lowest BCUT2D eigenvalue weighted by molar-refractivity contribution is 0.588. The second-order valence-corrected chi connectivity index (χ2v) is 2.66. The van der Waals surface area contributed by atoms with E-state index in [0.29, 0.717) is 3.57 Å². The molecule has 1 aromatic heterocycles. The summed E-state index contributed by atoms with van der Waals surface area (Å²) in [4.78, 5) is 3.34. The Labute approximate surface area is 65.4 Å². The molecule has 0 aliphatic heterocycles. The van der Waals surface area contributed by atoms with Gasteiger partial charge in [-0.25, -0.2) is 4.98 Å². The van der Waals surface area contributed by atoms with E-state index >= 15 is 0 Å². The standard InChI is InChI=1S/C5H4FIN2/c6-5-4(8)3(7)1-2-9-5/h1-2H,8H2. The van der Waals surface area contributed by atoms with Crippen LogP contribution in [-0.4, -0.2) is 4.98 Å². The van der Waals surface area contributed by atoms with Gasteiger partial charge in [0.25, 0.3) is 0 Å². The predicted molar refractivity (Wildman–Crippen MR) is 41.3 cm³/mol. The van der Waals surface area contributed by atoms with Gasteiger partial charge in [-0.2, -0.15) is 4.39 Å². The maximum atomic E-state index is 12.3. The third-order valence-electron chi connectivity index (χ3n) is 0.888. The smallest absolute Gasteiger partial charge is 0.237 e. The van der Waals surface area contributed by atoms with Gasteiger partial charge in [-0.3, -0.25) is 0 Å². The van der Waals surface area contributed by atoms with Crippen LogP contribution in [0.1, 0.15) is 0 Å². The van der Waals surface area contributed by atoms with Crippen LogP contribution in [0.15, 0.2) is 12.3 Å². The molecule has 0 spiro atoms. The van der Waals surface area contributed by atoms with E-state index in [2.05, 4.69) is 4.98 Å². The molecule has 0 unspecified atom stereocenters. The van der Waals surface area contributed by atoms with Crippen LogP contribution in [0.25, 0.3) is 0 Å². The molecule has 0 aliphatic rings. The second kappa shape index (κ2) is 2.47. The van der Waals surface area contributed by atoms with Crippen molar-refractivity contribution >= 4 is 28.3 Å². The van der Waals surface area contributed by atoms with E-state index in [1.54, 1.807) is 6.07 Å². The van der Waals surface area contributed by atoms with Gasteiger partial charge in [0.05, 0.1) is 0 Å². The first-order chi connectivity index (χ1) is 4.22. The summed E-state index contributed by atoms with van der Waals surface area (Å²) >= 11 is 1.94. The van der Waals surface area contributed by atoms with Gasteiger partial charge < -0.3 is 5.73 Å². The topological polar surface area (TPSA) is 38.9 Å². The minimum absolute atomic E-state index is 0.123. The molecule has 0 saturated heterocycles. The molecule has 48 valence electrons. The molecule has 0 saturated carbocycles. The molecule has 4 heteroatoms. The molecular formula is C5H4FIN2. The third-order valence-corrected chi connectivity index (χ3v) is 1.83. The summed E-state index contributed by atoms with van der Waals surface area (Å²) in [5.41, 5.74) is 5.36. The normalized spacial score (nSPS) is 9.56. The maximum absolute atomic E-state index is 12.3. The molecule has 1 rings (SSSR count). The van der Waals surface area contributed by atoms with Gasteiger partial charge in [-0.05, 0) is 28.7 Å². The van der Waals surface area contributed by atoms with Gasteiger partial charge in [0.15, 0.2) is 0 Å². The average Bonchev–Trinajstić information content (AvgIpc) is 1.83. The molecule has 0 amide bonds. The van der Waals surface area contributed by atoms with Crippen molar-refractivity contribution in [2.45, 2.75) is 0 Å². The first kappa shape index (κ1) is 6.73. The molecule has 0 atom stereocenters. The van der Waals surface area contributed by atoms with Crippen molar-refractivity contribution in [3.8, 4) is 0 Å². The van der Waals surface area contributed by atoms with E-state index in [0.717, 1.165) is 0 Å². The summed E-state index contributed by atoms with van der Waals surface area (Å²) in [6.45, 7) is 0. The number of nitrogen functional groups attached to an aromatic ring is 1. The van der Waals surface area contributed by atoms with Crippen molar-refractivity contribution in [2.75, 3.05) is 5.73 Å². The Balaban J connectivity index is 3.25. The van der Waals surface area contributed by atoms with Crippen molar-refractivity contribution in [1.29, 1.82) is 0 Å². The maximum Gasteiger partial charge on any atom is 0.237 e. The van der Waals surface area contributed by atoms with Gasteiger partial charge in [-0.1, -0.05) is 0 Å². The predicted octanol–water partition coefficient (Wildman–Crippen LogP) is 1.41. The lowest BCUT2D eigenvalue weighted by Crippen LogP contribution is -1.95. The van der Waals surface area contributed by atoms with Gasteiger partial charge >= 0.3 is 0 Å². The van der Waals surface area contributed by atoms with Crippen LogP contribution in [-0.2, 0) is 0 Å². The minimum Gasteiger partial charge on any atom is -0.394 e. The van der Waals surface area contributed by atoms with Crippen LogP contribution >= 0.6 is 22.6 Å². The summed E-state index contributed by atoms with van der Waals surface area (Å²) in [5, 5.41) is 0. The van der Waals surface area contributed by atoms with Gasteiger partial charge in [-0.15, -0.1) is 0 Å². The monoisotopic (exact) mass is 238 g/mol. The van der Waals surface area contributed by atoms with E-state index < -0.39 is 5.95 Å². The van der Waals surface area contributed by atoms with E-state index in [9.17, 15) is 4.39 Å². The first-order valence-corrected chi connectivity index (χ1v) is 3.35.